The summed E-state index contributed by atoms with van der Waals surface area (Å²) in [5, 5.41) is 0.282. The molecule has 0 saturated carbocycles. The van der Waals surface area contributed by atoms with Crippen LogP contribution in [-0.2, 0) is 20.0 Å². The van der Waals surface area contributed by atoms with Crippen LogP contribution >= 0.6 is 11.6 Å². The van der Waals surface area contributed by atoms with Gasteiger partial charge in [0, 0.05) is 6.54 Å². The van der Waals surface area contributed by atoms with Crippen LogP contribution in [0.25, 0.3) is 0 Å². The van der Waals surface area contributed by atoms with E-state index in [2.05, 4.69) is 4.72 Å². The lowest BCUT2D eigenvalue weighted by Gasteiger charge is -2.28. The molecule has 0 atom stereocenters. The zero-order chi connectivity index (χ0) is 20.5. The van der Waals surface area contributed by atoms with E-state index >= 15 is 0 Å². The minimum atomic E-state index is -3.87. The fourth-order valence-electron chi connectivity index (χ4n) is 3.11. The van der Waals surface area contributed by atoms with Gasteiger partial charge in [-0.15, -0.1) is 0 Å². The van der Waals surface area contributed by atoms with Crippen molar-refractivity contribution in [3.8, 4) is 5.75 Å². The molecule has 28 heavy (non-hydrogen) atoms. The van der Waals surface area contributed by atoms with Gasteiger partial charge in [-0.2, -0.15) is 0 Å². The molecule has 1 aliphatic heterocycles. The van der Waals surface area contributed by atoms with Gasteiger partial charge in [-0.1, -0.05) is 11.6 Å². The SMILES string of the molecule is COc1ccc(NS(=O)(=O)c2ccc(N3CCCCS3(=O)=O)cc2C)cc1Cl. The highest BCUT2D eigenvalue weighted by Crippen LogP contribution is 2.30. The van der Waals surface area contributed by atoms with E-state index in [-0.39, 0.29) is 15.7 Å². The van der Waals surface area contributed by atoms with E-state index in [1.807, 2.05) is 0 Å². The lowest BCUT2D eigenvalue weighted by molar-refractivity contribution is 0.415. The summed E-state index contributed by atoms with van der Waals surface area (Å²) in [7, 11) is -5.76. The van der Waals surface area contributed by atoms with Crippen molar-refractivity contribution in [2.24, 2.45) is 0 Å². The second-order valence-electron chi connectivity index (χ2n) is 6.50. The zero-order valence-corrected chi connectivity index (χ0v) is 17.9. The van der Waals surface area contributed by atoms with Gasteiger partial charge in [0.15, 0.2) is 0 Å². The van der Waals surface area contributed by atoms with Gasteiger partial charge in [0.2, 0.25) is 10.0 Å². The number of rotatable bonds is 5. The Bertz CT molecular complexity index is 1100. The summed E-state index contributed by atoms with van der Waals surface area (Å²) in [6.07, 6.45) is 1.41. The zero-order valence-electron chi connectivity index (χ0n) is 15.5. The van der Waals surface area contributed by atoms with E-state index in [0.29, 0.717) is 35.7 Å². The second-order valence-corrected chi connectivity index (χ2v) is 10.6. The molecule has 3 rings (SSSR count). The molecule has 0 bridgehead atoms. The first-order valence-electron chi connectivity index (χ1n) is 8.61. The summed E-state index contributed by atoms with van der Waals surface area (Å²) < 4.78 is 59.0. The van der Waals surface area contributed by atoms with Gasteiger partial charge < -0.3 is 4.74 Å². The Morgan fingerprint density at radius 2 is 1.89 bits per heavy atom. The highest BCUT2D eigenvalue weighted by atomic mass is 35.5. The molecule has 10 heteroatoms. The van der Waals surface area contributed by atoms with Crippen molar-refractivity contribution in [1.29, 1.82) is 0 Å². The molecule has 7 nitrogen and oxygen atoms in total. The lowest BCUT2D eigenvalue weighted by Crippen LogP contribution is -2.37. The molecule has 1 aliphatic rings. The number of nitrogens with zero attached hydrogens (tertiary/aromatic N) is 1. The van der Waals surface area contributed by atoms with Gasteiger partial charge in [-0.25, -0.2) is 16.8 Å². The minimum absolute atomic E-state index is 0.0672. The summed E-state index contributed by atoms with van der Waals surface area (Å²) in [6.45, 7) is 2.03. The summed E-state index contributed by atoms with van der Waals surface area (Å²) in [5.74, 6) is 0.541. The smallest absolute Gasteiger partial charge is 0.262 e. The molecule has 2 aromatic carbocycles. The topological polar surface area (TPSA) is 92.8 Å². The van der Waals surface area contributed by atoms with Crippen LogP contribution in [0.2, 0.25) is 5.02 Å². The molecule has 152 valence electrons. The third-order valence-corrected chi connectivity index (χ3v) is 8.20. The van der Waals surface area contributed by atoms with Gasteiger partial charge in [-0.05, 0) is 61.7 Å². The Morgan fingerprint density at radius 1 is 1.14 bits per heavy atom. The largest absolute Gasteiger partial charge is 0.495 e. The van der Waals surface area contributed by atoms with Crippen LogP contribution in [0.5, 0.6) is 5.75 Å². The number of anilines is 2. The molecule has 0 spiro atoms. The Hall–Kier alpha value is -1.97. The number of ether oxygens (including phenoxy) is 1. The standard InChI is InChI=1S/C18H21ClN2O5S2/c1-13-11-15(21-9-3-4-10-27(21,22)23)6-8-18(13)28(24,25)20-14-5-7-17(26-2)16(19)12-14/h5-8,11-12,20H,3-4,9-10H2,1-2H3. The van der Waals surface area contributed by atoms with Crippen molar-refractivity contribution < 1.29 is 21.6 Å². The number of hydrogen-bond acceptors (Lipinski definition) is 5. The number of nitrogens with one attached hydrogen (secondary N) is 1. The molecule has 0 amide bonds. The summed E-state index contributed by atoms with van der Waals surface area (Å²) in [6, 6.07) is 9.09. The average molecular weight is 445 g/mol. The summed E-state index contributed by atoms with van der Waals surface area (Å²) in [4.78, 5) is 0.0672. The molecule has 0 unspecified atom stereocenters. The van der Waals surface area contributed by atoms with Crippen LogP contribution in [-0.4, -0.2) is 36.2 Å². The third kappa shape index (κ3) is 4.21. The Morgan fingerprint density at radius 3 is 2.50 bits per heavy atom. The molecular formula is C18H21ClN2O5S2. The van der Waals surface area contributed by atoms with Crippen molar-refractivity contribution >= 4 is 43.0 Å². The molecule has 1 heterocycles. The molecule has 2 aromatic rings. The third-order valence-electron chi connectivity index (χ3n) is 4.49. The molecule has 0 aromatic heterocycles. The lowest BCUT2D eigenvalue weighted by atomic mass is 10.2. The number of halogens is 1. The van der Waals surface area contributed by atoms with E-state index in [1.165, 1.54) is 29.6 Å². The first kappa shape index (κ1) is 20.8. The van der Waals surface area contributed by atoms with E-state index in [1.54, 1.807) is 25.1 Å². The van der Waals surface area contributed by atoms with Crippen LogP contribution in [0, 0.1) is 6.92 Å². The highest BCUT2D eigenvalue weighted by molar-refractivity contribution is 7.93. The Labute approximate surface area is 170 Å². The maximum absolute atomic E-state index is 12.8. The predicted octanol–water partition coefficient (Wildman–Crippen LogP) is 3.39. The maximum Gasteiger partial charge on any atom is 0.262 e. The summed E-state index contributed by atoms with van der Waals surface area (Å²) >= 11 is 6.05. The number of aryl methyl sites for hydroxylation is 1. The van der Waals surface area contributed by atoms with Gasteiger partial charge in [0.1, 0.15) is 5.75 Å². The van der Waals surface area contributed by atoms with E-state index in [4.69, 9.17) is 16.3 Å². The molecule has 0 radical (unpaired) electrons. The van der Waals surface area contributed by atoms with Gasteiger partial charge in [0.25, 0.3) is 10.0 Å². The van der Waals surface area contributed by atoms with Crippen molar-refractivity contribution in [3.05, 3.63) is 47.0 Å². The van der Waals surface area contributed by atoms with Crippen LogP contribution < -0.4 is 13.8 Å². The highest BCUT2D eigenvalue weighted by Gasteiger charge is 2.27. The second kappa shape index (κ2) is 7.81. The number of methoxy groups -OCH3 is 1. The molecule has 1 saturated heterocycles. The molecule has 1 fully saturated rings. The number of sulfonamides is 2. The van der Waals surface area contributed by atoms with Gasteiger partial charge in [-0.3, -0.25) is 9.03 Å². The van der Waals surface area contributed by atoms with Gasteiger partial charge in [0.05, 0.1) is 34.2 Å². The van der Waals surface area contributed by atoms with E-state index < -0.39 is 20.0 Å². The van der Waals surface area contributed by atoms with E-state index in [9.17, 15) is 16.8 Å². The van der Waals surface area contributed by atoms with Gasteiger partial charge >= 0.3 is 0 Å². The van der Waals surface area contributed by atoms with Crippen molar-refractivity contribution in [2.45, 2.75) is 24.7 Å². The molecule has 0 aliphatic carbocycles. The number of benzene rings is 2. The van der Waals surface area contributed by atoms with Crippen molar-refractivity contribution in [2.75, 3.05) is 28.4 Å². The van der Waals surface area contributed by atoms with Crippen LogP contribution in [0.3, 0.4) is 0 Å². The van der Waals surface area contributed by atoms with Crippen molar-refractivity contribution in [3.63, 3.8) is 0 Å². The first-order valence-corrected chi connectivity index (χ1v) is 12.1. The quantitative estimate of drug-likeness (QED) is 0.763. The fourth-order valence-corrected chi connectivity index (χ4v) is 6.28. The molecular weight excluding hydrogens is 424 g/mol. The van der Waals surface area contributed by atoms with Crippen LogP contribution in [0.4, 0.5) is 11.4 Å². The van der Waals surface area contributed by atoms with Crippen LogP contribution in [0.15, 0.2) is 41.3 Å². The molecule has 1 N–H and O–H groups in total. The Kier molecular flexibility index (Phi) is 5.79. The fraction of sp³-hybridized carbons (Fsp3) is 0.333. The first-order chi connectivity index (χ1) is 13.1. The Balaban J connectivity index is 1.89. The van der Waals surface area contributed by atoms with Crippen LogP contribution in [0.1, 0.15) is 18.4 Å². The maximum atomic E-state index is 12.8. The normalized spacial score (nSPS) is 16.6. The summed E-state index contributed by atoms with van der Waals surface area (Å²) in [5.41, 5.74) is 1.22. The monoisotopic (exact) mass is 444 g/mol. The number of hydrogen-bond donors (Lipinski definition) is 1. The minimum Gasteiger partial charge on any atom is -0.495 e. The van der Waals surface area contributed by atoms with E-state index in [0.717, 1.165) is 6.42 Å². The predicted molar refractivity (Wildman–Crippen MR) is 110 cm³/mol. The van der Waals surface area contributed by atoms with Crippen molar-refractivity contribution in [1.82, 2.24) is 0 Å². The average Bonchev–Trinajstić information content (AvgIpc) is 2.61.